The second kappa shape index (κ2) is 8.60. The van der Waals surface area contributed by atoms with Crippen LogP contribution in [0.1, 0.15) is 30.1 Å². The Morgan fingerprint density at radius 3 is 2.73 bits per heavy atom. The molecule has 0 saturated carbocycles. The molecule has 6 nitrogen and oxygen atoms in total. The highest BCUT2D eigenvalue weighted by molar-refractivity contribution is 5.93. The number of benzene rings is 1. The van der Waals surface area contributed by atoms with Crippen molar-refractivity contribution in [3.8, 4) is 5.75 Å². The van der Waals surface area contributed by atoms with Crippen LogP contribution in [0.4, 0.5) is 10.3 Å². The fourth-order valence-corrected chi connectivity index (χ4v) is 3.00. The lowest BCUT2D eigenvalue weighted by molar-refractivity contribution is 0.0632. The Balaban J connectivity index is 1.55. The first-order valence-electron chi connectivity index (χ1n) is 8.89. The van der Waals surface area contributed by atoms with E-state index >= 15 is 0 Å². The maximum Gasteiger partial charge on any atom is 0.257 e. The van der Waals surface area contributed by atoms with Gasteiger partial charge in [-0.25, -0.2) is 14.4 Å². The lowest BCUT2D eigenvalue weighted by Gasteiger charge is -2.32. The molecule has 1 fully saturated rings. The first-order valence-corrected chi connectivity index (χ1v) is 8.89. The van der Waals surface area contributed by atoms with Gasteiger partial charge in [-0.1, -0.05) is 0 Å². The zero-order valence-electron chi connectivity index (χ0n) is 14.8. The number of ether oxygens (including phenoxy) is 1. The van der Waals surface area contributed by atoms with Crippen molar-refractivity contribution in [2.75, 3.05) is 31.6 Å². The molecule has 1 saturated heterocycles. The molecule has 0 aliphatic carbocycles. The number of anilines is 1. The number of hydrogen-bond acceptors (Lipinski definition) is 5. The van der Waals surface area contributed by atoms with Crippen LogP contribution in [0.25, 0.3) is 0 Å². The van der Waals surface area contributed by atoms with Crippen LogP contribution in [0.15, 0.2) is 36.7 Å². The predicted octanol–water partition coefficient (Wildman–Crippen LogP) is 2.98. The Morgan fingerprint density at radius 1 is 1.31 bits per heavy atom. The van der Waals surface area contributed by atoms with E-state index in [9.17, 15) is 9.18 Å². The van der Waals surface area contributed by atoms with Gasteiger partial charge in [0.2, 0.25) is 5.95 Å². The molecule has 1 aromatic heterocycles. The summed E-state index contributed by atoms with van der Waals surface area (Å²) in [4.78, 5) is 22.8. The van der Waals surface area contributed by atoms with Gasteiger partial charge in [0.1, 0.15) is 11.6 Å². The van der Waals surface area contributed by atoms with E-state index in [1.54, 1.807) is 24.5 Å². The molecule has 1 aliphatic heterocycles. The van der Waals surface area contributed by atoms with Crippen LogP contribution in [-0.4, -0.2) is 47.0 Å². The van der Waals surface area contributed by atoms with Crippen LogP contribution in [-0.2, 0) is 0 Å². The molecular weight excluding hydrogens is 335 g/mol. The van der Waals surface area contributed by atoms with Crippen molar-refractivity contribution in [2.24, 2.45) is 5.92 Å². The molecule has 1 amide bonds. The van der Waals surface area contributed by atoms with E-state index in [0.717, 1.165) is 25.9 Å². The van der Waals surface area contributed by atoms with Crippen molar-refractivity contribution < 1.29 is 13.9 Å². The van der Waals surface area contributed by atoms with Gasteiger partial charge in [0, 0.05) is 37.9 Å². The normalized spacial score (nSPS) is 17.0. The maximum atomic E-state index is 12.9. The van der Waals surface area contributed by atoms with Crippen molar-refractivity contribution >= 4 is 11.9 Å². The minimum atomic E-state index is -0.283. The van der Waals surface area contributed by atoms with Gasteiger partial charge >= 0.3 is 0 Å². The third-order valence-electron chi connectivity index (χ3n) is 4.34. The second-order valence-electron chi connectivity index (χ2n) is 6.35. The molecule has 1 atom stereocenters. The van der Waals surface area contributed by atoms with Crippen LogP contribution >= 0.6 is 0 Å². The third kappa shape index (κ3) is 4.68. The quantitative estimate of drug-likeness (QED) is 0.860. The molecule has 0 bridgehead atoms. The monoisotopic (exact) mass is 358 g/mol. The van der Waals surface area contributed by atoms with Gasteiger partial charge in [0.05, 0.1) is 12.2 Å². The highest BCUT2D eigenvalue weighted by Crippen LogP contribution is 2.20. The number of likely N-dealkylation sites (tertiary alicyclic amines) is 1. The average Bonchev–Trinajstić information content (AvgIpc) is 2.68. The summed E-state index contributed by atoms with van der Waals surface area (Å²) in [5, 5.41) is 3.01. The van der Waals surface area contributed by atoms with Crippen LogP contribution in [0.2, 0.25) is 0 Å². The standard InChI is InChI=1S/C19H23FN4O2/c1-2-21-19-22-10-15(11-23-19)18(25)24-9-3-4-14(12-24)13-26-17-7-5-16(20)6-8-17/h5-8,10-11,14H,2-4,9,12-13H2,1H3,(H,21,22,23)/t14-/m0/s1. The van der Waals surface area contributed by atoms with Gasteiger partial charge in [-0.05, 0) is 44.0 Å². The number of amides is 1. The number of aromatic nitrogens is 2. The van der Waals surface area contributed by atoms with Gasteiger partial charge in [-0.3, -0.25) is 4.79 Å². The van der Waals surface area contributed by atoms with Crippen LogP contribution in [0.5, 0.6) is 5.75 Å². The largest absolute Gasteiger partial charge is 0.493 e. The minimum absolute atomic E-state index is 0.0560. The average molecular weight is 358 g/mol. The molecule has 7 heteroatoms. The molecule has 1 aliphatic rings. The summed E-state index contributed by atoms with van der Waals surface area (Å²) in [6.07, 6.45) is 5.05. The number of rotatable bonds is 6. The SMILES string of the molecule is CCNc1ncc(C(=O)N2CCC[C@H](COc3ccc(F)cc3)C2)cn1. The van der Waals surface area contributed by atoms with Crippen LogP contribution in [0, 0.1) is 11.7 Å². The molecule has 2 heterocycles. The van der Waals surface area contributed by atoms with E-state index in [2.05, 4.69) is 15.3 Å². The Bertz CT molecular complexity index is 721. The van der Waals surface area contributed by atoms with E-state index in [4.69, 9.17) is 4.74 Å². The summed E-state index contributed by atoms with van der Waals surface area (Å²) in [5.41, 5.74) is 0.492. The maximum absolute atomic E-state index is 12.9. The fraction of sp³-hybridized carbons (Fsp3) is 0.421. The highest BCUT2D eigenvalue weighted by Gasteiger charge is 2.25. The Kier molecular flexibility index (Phi) is 5.99. The number of nitrogens with zero attached hydrogens (tertiary/aromatic N) is 3. The number of nitrogens with one attached hydrogen (secondary N) is 1. The Labute approximate surface area is 152 Å². The number of carbonyl (C=O) groups excluding carboxylic acids is 1. The van der Waals surface area contributed by atoms with E-state index in [1.165, 1.54) is 12.1 Å². The van der Waals surface area contributed by atoms with Gasteiger partial charge in [-0.15, -0.1) is 0 Å². The Hall–Kier alpha value is -2.70. The van der Waals surface area contributed by atoms with Crippen molar-refractivity contribution in [3.05, 3.63) is 48.0 Å². The molecule has 1 aromatic carbocycles. The van der Waals surface area contributed by atoms with Crippen molar-refractivity contribution in [1.29, 1.82) is 0 Å². The summed E-state index contributed by atoms with van der Waals surface area (Å²) < 4.78 is 18.7. The predicted molar refractivity (Wildman–Crippen MR) is 96.7 cm³/mol. The first-order chi connectivity index (χ1) is 12.7. The molecule has 0 radical (unpaired) electrons. The lowest BCUT2D eigenvalue weighted by atomic mass is 9.98. The van der Waals surface area contributed by atoms with E-state index in [-0.39, 0.29) is 17.6 Å². The third-order valence-corrected chi connectivity index (χ3v) is 4.34. The zero-order chi connectivity index (χ0) is 18.4. The number of carbonyl (C=O) groups is 1. The van der Waals surface area contributed by atoms with Gasteiger partial charge in [0.15, 0.2) is 0 Å². The van der Waals surface area contributed by atoms with Crippen molar-refractivity contribution in [3.63, 3.8) is 0 Å². The summed E-state index contributed by atoms with van der Waals surface area (Å²) in [7, 11) is 0. The van der Waals surface area contributed by atoms with Crippen LogP contribution < -0.4 is 10.1 Å². The van der Waals surface area contributed by atoms with Gasteiger partial charge in [0.25, 0.3) is 5.91 Å². The fourth-order valence-electron chi connectivity index (χ4n) is 3.00. The van der Waals surface area contributed by atoms with E-state index in [0.29, 0.717) is 30.4 Å². The lowest BCUT2D eigenvalue weighted by Crippen LogP contribution is -2.41. The molecule has 0 unspecified atom stereocenters. The molecule has 26 heavy (non-hydrogen) atoms. The topological polar surface area (TPSA) is 67.4 Å². The number of hydrogen-bond donors (Lipinski definition) is 1. The van der Waals surface area contributed by atoms with Gasteiger partial charge in [-0.2, -0.15) is 0 Å². The first kappa shape index (κ1) is 18.1. The zero-order valence-corrected chi connectivity index (χ0v) is 14.8. The molecule has 3 rings (SSSR count). The van der Waals surface area contributed by atoms with Crippen LogP contribution in [0.3, 0.4) is 0 Å². The highest BCUT2D eigenvalue weighted by atomic mass is 19.1. The van der Waals surface area contributed by atoms with E-state index < -0.39 is 0 Å². The smallest absolute Gasteiger partial charge is 0.257 e. The summed E-state index contributed by atoms with van der Waals surface area (Å²) in [6, 6.07) is 5.99. The Morgan fingerprint density at radius 2 is 2.04 bits per heavy atom. The minimum Gasteiger partial charge on any atom is -0.493 e. The van der Waals surface area contributed by atoms with Crippen molar-refractivity contribution in [1.82, 2.24) is 14.9 Å². The van der Waals surface area contributed by atoms with E-state index in [1.807, 2.05) is 11.8 Å². The van der Waals surface area contributed by atoms with Crippen molar-refractivity contribution in [2.45, 2.75) is 19.8 Å². The summed E-state index contributed by atoms with van der Waals surface area (Å²) >= 11 is 0. The molecular formula is C19H23FN4O2. The number of piperidine rings is 1. The molecule has 138 valence electrons. The van der Waals surface area contributed by atoms with Gasteiger partial charge < -0.3 is 15.0 Å². The molecule has 1 N–H and O–H groups in total. The molecule has 2 aromatic rings. The summed E-state index contributed by atoms with van der Waals surface area (Å²) in [6.45, 7) is 4.56. The number of halogens is 1. The molecule has 0 spiro atoms. The summed E-state index contributed by atoms with van der Waals surface area (Å²) in [5.74, 6) is 1.07. The second-order valence-corrected chi connectivity index (χ2v) is 6.35.